The fourth-order valence-corrected chi connectivity index (χ4v) is 1.80. The molecule has 10 heteroatoms. The summed E-state index contributed by atoms with van der Waals surface area (Å²) in [5.74, 6) is -23.1. The summed E-state index contributed by atoms with van der Waals surface area (Å²) in [6.45, 7) is 2.59. The van der Waals surface area contributed by atoms with E-state index < -0.39 is 35.3 Å². The van der Waals surface area contributed by atoms with Gasteiger partial charge in [-0.2, -0.15) is 39.5 Å². The number of alkyl halides is 9. The normalized spacial score (nSPS) is 14.0. The minimum absolute atomic E-state index is 0.162. The molecule has 0 fully saturated rings. The summed E-state index contributed by atoms with van der Waals surface area (Å²) in [4.78, 5) is 11.5. The zero-order valence-electron chi connectivity index (χ0n) is 11.5. The van der Waals surface area contributed by atoms with Gasteiger partial charge in [0.05, 0.1) is 0 Å². The molecule has 1 nitrogen and oxygen atoms in total. The number of aryl methyl sites for hydroxylation is 2. The molecule has 0 aliphatic rings. The van der Waals surface area contributed by atoms with E-state index in [-0.39, 0.29) is 11.1 Å². The average molecular weight is 352 g/mol. The summed E-state index contributed by atoms with van der Waals surface area (Å²) in [5, 5.41) is 0. The maximum absolute atomic E-state index is 13.5. The Morgan fingerprint density at radius 3 is 1.48 bits per heavy atom. The Kier molecular flexibility index (Phi) is 4.54. The molecule has 0 amide bonds. The first-order valence-corrected chi connectivity index (χ1v) is 5.89. The van der Waals surface area contributed by atoms with Crippen molar-refractivity contribution in [2.45, 2.75) is 37.8 Å². The zero-order chi connectivity index (χ0) is 18.4. The number of Topliss-reactive ketones (excluding diaryl/α,β-unsaturated/α-hetero) is 1. The van der Waals surface area contributed by atoms with E-state index in [9.17, 15) is 44.3 Å². The van der Waals surface area contributed by atoms with Crippen molar-refractivity contribution < 1.29 is 44.3 Å². The molecule has 0 saturated carbocycles. The third-order valence-corrected chi connectivity index (χ3v) is 2.91. The molecule has 0 aromatic heterocycles. The van der Waals surface area contributed by atoms with Crippen LogP contribution in [0.1, 0.15) is 21.5 Å². The maximum atomic E-state index is 13.5. The van der Waals surface area contributed by atoms with Crippen molar-refractivity contribution in [3.63, 3.8) is 0 Å². The minimum atomic E-state index is -7.09. The molecule has 0 saturated heterocycles. The first-order valence-electron chi connectivity index (χ1n) is 5.89. The lowest BCUT2D eigenvalue weighted by Crippen LogP contribution is -2.63. The quantitative estimate of drug-likeness (QED) is 0.553. The Morgan fingerprint density at radius 2 is 1.13 bits per heavy atom. The average Bonchev–Trinajstić information content (AvgIpc) is 2.34. The highest BCUT2D eigenvalue weighted by Gasteiger charge is 2.83. The Balaban J connectivity index is 3.41. The van der Waals surface area contributed by atoms with Crippen molar-refractivity contribution in [2.24, 2.45) is 0 Å². The Labute approximate surface area is 124 Å². The number of carbonyl (C=O) groups excluding carboxylic acids is 1. The number of hydrogen-bond donors (Lipinski definition) is 0. The predicted molar refractivity (Wildman–Crippen MR) is 61.1 cm³/mol. The second-order valence-electron chi connectivity index (χ2n) is 4.93. The van der Waals surface area contributed by atoms with Crippen LogP contribution in [0.3, 0.4) is 0 Å². The highest BCUT2D eigenvalue weighted by atomic mass is 19.4. The third-order valence-electron chi connectivity index (χ3n) is 2.91. The van der Waals surface area contributed by atoms with E-state index in [1.165, 1.54) is 19.9 Å². The highest BCUT2D eigenvalue weighted by molar-refractivity contribution is 6.02. The van der Waals surface area contributed by atoms with Crippen molar-refractivity contribution in [2.75, 3.05) is 0 Å². The summed E-state index contributed by atoms with van der Waals surface area (Å²) in [6, 6.07) is 2.73. The summed E-state index contributed by atoms with van der Waals surface area (Å²) in [6.07, 6.45) is -6.96. The standard InChI is InChI=1S/C13H9F9O/c1-6-3-7(2)5-8(4-6)9(23)10(14,15)11(16,17)12(18,19)13(20,21)22/h3-5H,1-2H3. The van der Waals surface area contributed by atoms with Crippen molar-refractivity contribution >= 4 is 5.78 Å². The van der Waals surface area contributed by atoms with Crippen LogP contribution < -0.4 is 0 Å². The van der Waals surface area contributed by atoms with Crippen LogP contribution in [0, 0.1) is 13.8 Å². The Bertz CT molecular complexity index is 596. The summed E-state index contributed by atoms with van der Waals surface area (Å²) in [5.41, 5.74) is -0.768. The van der Waals surface area contributed by atoms with E-state index in [1.54, 1.807) is 0 Å². The van der Waals surface area contributed by atoms with E-state index in [0.29, 0.717) is 12.1 Å². The number of rotatable bonds is 4. The number of halogens is 9. The molecule has 0 bridgehead atoms. The molecular formula is C13H9F9O. The first-order chi connectivity index (χ1) is 10.1. The molecule has 0 aliphatic carbocycles. The van der Waals surface area contributed by atoms with Gasteiger partial charge in [-0.05, 0) is 26.0 Å². The molecule has 0 N–H and O–H groups in total. The molecule has 0 spiro atoms. The van der Waals surface area contributed by atoms with Crippen molar-refractivity contribution in [1.82, 2.24) is 0 Å². The second kappa shape index (κ2) is 5.41. The van der Waals surface area contributed by atoms with Crippen LogP contribution in [-0.2, 0) is 0 Å². The molecule has 130 valence electrons. The first kappa shape index (κ1) is 19.3. The molecule has 1 aromatic rings. The molecule has 0 atom stereocenters. The van der Waals surface area contributed by atoms with Crippen LogP contribution in [0.5, 0.6) is 0 Å². The van der Waals surface area contributed by atoms with Crippen LogP contribution >= 0.6 is 0 Å². The van der Waals surface area contributed by atoms with Gasteiger partial charge in [0, 0.05) is 5.56 Å². The van der Waals surface area contributed by atoms with Gasteiger partial charge in [0.15, 0.2) is 0 Å². The Morgan fingerprint density at radius 1 is 0.739 bits per heavy atom. The molecule has 23 heavy (non-hydrogen) atoms. The SMILES string of the molecule is Cc1cc(C)cc(C(=O)C(F)(F)C(F)(F)C(F)(F)C(F)(F)F)c1. The van der Waals surface area contributed by atoms with Crippen molar-refractivity contribution in [3.8, 4) is 0 Å². The maximum Gasteiger partial charge on any atom is 0.460 e. The molecular weight excluding hydrogens is 343 g/mol. The van der Waals surface area contributed by atoms with Crippen LogP contribution in [-0.4, -0.2) is 29.7 Å². The second-order valence-corrected chi connectivity index (χ2v) is 4.93. The van der Waals surface area contributed by atoms with Gasteiger partial charge in [-0.1, -0.05) is 17.2 Å². The fraction of sp³-hybridized carbons (Fsp3) is 0.462. The molecule has 0 aliphatic heterocycles. The highest BCUT2D eigenvalue weighted by Crippen LogP contribution is 2.53. The van der Waals surface area contributed by atoms with Crippen molar-refractivity contribution in [3.05, 3.63) is 34.9 Å². The third kappa shape index (κ3) is 3.02. The van der Waals surface area contributed by atoms with Gasteiger partial charge in [-0.25, -0.2) is 0 Å². The lowest BCUT2D eigenvalue weighted by Gasteiger charge is -2.32. The van der Waals surface area contributed by atoms with Gasteiger partial charge in [0.2, 0.25) is 5.78 Å². The topological polar surface area (TPSA) is 17.1 Å². The summed E-state index contributed by atoms with van der Waals surface area (Å²) < 4.78 is 115. The van der Waals surface area contributed by atoms with Gasteiger partial charge in [0.25, 0.3) is 0 Å². The van der Waals surface area contributed by atoms with E-state index in [2.05, 4.69) is 0 Å². The monoisotopic (exact) mass is 352 g/mol. The molecule has 0 radical (unpaired) electrons. The van der Waals surface area contributed by atoms with E-state index >= 15 is 0 Å². The smallest absolute Gasteiger partial charge is 0.287 e. The van der Waals surface area contributed by atoms with Gasteiger partial charge in [-0.15, -0.1) is 0 Å². The zero-order valence-corrected chi connectivity index (χ0v) is 11.5. The van der Waals surface area contributed by atoms with E-state index in [4.69, 9.17) is 0 Å². The van der Waals surface area contributed by atoms with Crippen LogP contribution in [0.25, 0.3) is 0 Å². The number of benzene rings is 1. The number of ketones is 1. The van der Waals surface area contributed by atoms with Crippen LogP contribution in [0.15, 0.2) is 18.2 Å². The summed E-state index contributed by atoms with van der Waals surface area (Å²) in [7, 11) is 0. The lowest BCUT2D eigenvalue weighted by molar-refractivity contribution is -0.386. The van der Waals surface area contributed by atoms with Gasteiger partial charge in [0.1, 0.15) is 0 Å². The largest absolute Gasteiger partial charge is 0.460 e. The van der Waals surface area contributed by atoms with Crippen LogP contribution in [0.4, 0.5) is 39.5 Å². The Hall–Kier alpha value is -1.74. The number of carbonyl (C=O) groups is 1. The minimum Gasteiger partial charge on any atom is -0.287 e. The number of hydrogen-bond acceptors (Lipinski definition) is 1. The molecule has 1 rings (SSSR count). The van der Waals surface area contributed by atoms with Crippen molar-refractivity contribution in [1.29, 1.82) is 0 Å². The van der Waals surface area contributed by atoms with E-state index in [1.807, 2.05) is 0 Å². The fourth-order valence-electron chi connectivity index (χ4n) is 1.80. The molecule has 0 heterocycles. The lowest BCUT2D eigenvalue weighted by atomic mass is 9.94. The van der Waals surface area contributed by atoms with Gasteiger partial charge >= 0.3 is 23.9 Å². The van der Waals surface area contributed by atoms with Gasteiger partial charge in [-0.3, -0.25) is 4.79 Å². The van der Waals surface area contributed by atoms with Gasteiger partial charge < -0.3 is 0 Å². The predicted octanol–water partition coefficient (Wildman–Crippen LogP) is 4.95. The van der Waals surface area contributed by atoms with E-state index in [0.717, 1.165) is 0 Å². The summed E-state index contributed by atoms with van der Waals surface area (Å²) >= 11 is 0. The molecule has 0 unspecified atom stereocenters. The molecule has 1 aromatic carbocycles. The van der Waals surface area contributed by atoms with Crippen LogP contribution in [0.2, 0.25) is 0 Å².